The molecule has 6 heteroatoms. The summed E-state index contributed by atoms with van der Waals surface area (Å²) < 4.78 is 1.98. The van der Waals surface area contributed by atoms with Crippen LogP contribution < -0.4 is 5.43 Å². The molecule has 2 N–H and O–H groups in total. The molecule has 0 spiro atoms. The summed E-state index contributed by atoms with van der Waals surface area (Å²) in [6.45, 7) is 6.77. The lowest BCUT2D eigenvalue weighted by molar-refractivity contribution is 0.0697. The number of nitrogens with zero attached hydrogens (tertiary/aromatic N) is 3. The van der Waals surface area contributed by atoms with E-state index in [0.717, 1.165) is 22.6 Å². The van der Waals surface area contributed by atoms with Gasteiger partial charge in [0, 0.05) is 11.3 Å². The summed E-state index contributed by atoms with van der Waals surface area (Å²) in [4.78, 5) is 10.9. The largest absolute Gasteiger partial charge is 0.478 e. The number of hydrogen-bond acceptors (Lipinski definition) is 4. The van der Waals surface area contributed by atoms with Gasteiger partial charge in [-0.1, -0.05) is 29.8 Å². The molecule has 1 heterocycles. The molecule has 0 aliphatic carbocycles. The number of carboxylic acid groups (broad SMARTS) is 1. The van der Waals surface area contributed by atoms with Crippen LogP contribution in [0.15, 0.2) is 53.6 Å². The summed E-state index contributed by atoms with van der Waals surface area (Å²) in [5.41, 5.74) is 9.24. The van der Waals surface area contributed by atoms with E-state index in [2.05, 4.69) is 46.8 Å². The van der Waals surface area contributed by atoms with Gasteiger partial charge in [-0.25, -0.2) is 4.79 Å². The fraction of sp³-hybridized carbons (Fsp3) is 0.190. The number of carboxylic acids is 1. The minimum atomic E-state index is -0.947. The summed E-state index contributed by atoms with van der Waals surface area (Å²) in [6, 6.07) is 14.9. The van der Waals surface area contributed by atoms with Gasteiger partial charge in [0.25, 0.3) is 0 Å². The Hall–Kier alpha value is -3.41. The molecule has 0 amide bonds. The fourth-order valence-electron chi connectivity index (χ4n) is 2.78. The SMILES string of the molecule is Cc1ccc(Cn2nc(C)c(/C=N/Nc3ccc(C(=O)O)cc3)c2C)cc1. The Balaban J connectivity index is 1.71. The van der Waals surface area contributed by atoms with Crippen LogP contribution >= 0.6 is 0 Å². The molecule has 3 aromatic rings. The lowest BCUT2D eigenvalue weighted by atomic mass is 10.1. The molecule has 1 aromatic heterocycles. The van der Waals surface area contributed by atoms with E-state index < -0.39 is 5.97 Å². The molecule has 2 aromatic carbocycles. The van der Waals surface area contributed by atoms with Crippen LogP contribution in [0, 0.1) is 20.8 Å². The van der Waals surface area contributed by atoms with Gasteiger partial charge in [0.1, 0.15) is 0 Å². The topological polar surface area (TPSA) is 79.5 Å². The van der Waals surface area contributed by atoms with Crippen LogP contribution in [0.4, 0.5) is 5.69 Å². The molecular weight excluding hydrogens is 340 g/mol. The summed E-state index contributed by atoms with van der Waals surface area (Å²) in [6.07, 6.45) is 1.74. The highest BCUT2D eigenvalue weighted by molar-refractivity contribution is 5.88. The molecule has 3 rings (SSSR count). The smallest absolute Gasteiger partial charge is 0.335 e. The minimum absolute atomic E-state index is 0.244. The standard InChI is InChI=1S/C21H22N4O2/c1-14-4-6-17(7-5-14)13-25-16(3)20(15(2)24-25)12-22-23-19-10-8-18(9-11-19)21(26)27/h4-12,23H,13H2,1-3H3,(H,26,27)/b22-12+. The molecule has 27 heavy (non-hydrogen) atoms. The Morgan fingerprint density at radius 1 is 1.11 bits per heavy atom. The van der Waals surface area contributed by atoms with Crippen LogP contribution in [0.3, 0.4) is 0 Å². The van der Waals surface area contributed by atoms with E-state index in [4.69, 9.17) is 5.11 Å². The number of hydrogen-bond donors (Lipinski definition) is 2. The van der Waals surface area contributed by atoms with Crippen LogP contribution in [-0.4, -0.2) is 27.1 Å². The second-order valence-corrected chi connectivity index (χ2v) is 6.48. The predicted octanol–water partition coefficient (Wildman–Crippen LogP) is 4.00. The first-order valence-electron chi connectivity index (χ1n) is 8.66. The summed E-state index contributed by atoms with van der Waals surface area (Å²) in [5.74, 6) is -0.947. The third kappa shape index (κ3) is 4.41. The van der Waals surface area contributed by atoms with Gasteiger partial charge in [-0.15, -0.1) is 0 Å². The number of nitrogens with one attached hydrogen (secondary N) is 1. The maximum atomic E-state index is 10.9. The third-order valence-electron chi connectivity index (χ3n) is 4.41. The van der Waals surface area contributed by atoms with Gasteiger partial charge in [-0.3, -0.25) is 10.1 Å². The zero-order valence-corrected chi connectivity index (χ0v) is 15.6. The quantitative estimate of drug-likeness (QED) is 0.513. The average molecular weight is 362 g/mol. The Morgan fingerprint density at radius 2 is 1.78 bits per heavy atom. The Morgan fingerprint density at radius 3 is 2.41 bits per heavy atom. The van der Waals surface area contributed by atoms with Crippen molar-refractivity contribution in [1.29, 1.82) is 0 Å². The highest BCUT2D eigenvalue weighted by atomic mass is 16.4. The molecule has 138 valence electrons. The lowest BCUT2D eigenvalue weighted by Crippen LogP contribution is -2.04. The van der Waals surface area contributed by atoms with Crippen molar-refractivity contribution in [2.75, 3.05) is 5.43 Å². The van der Waals surface area contributed by atoms with Crippen LogP contribution in [0.1, 0.15) is 38.4 Å². The molecule has 0 saturated heterocycles. The highest BCUT2D eigenvalue weighted by Gasteiger charge is 2.10. The number of benzene rings is 2. The first-order chi connectivity index (χ1) is 12.9. The van der Waals surface area contributed by atoms with E-state index in [1.54, 1.807) is 18.3 Å². The number of aromatic carboxylic acids is 1. The van der Waals surface area contributed by atoms with Crippen LogP contribution in [0.5, 0.6) is 0 Å². The molecule has 0 fully saturated rings. The van der Waals surface area contributed by atoms with Gasteiger partial charge in [0.2, 0.25) is 0 Å². The number of aromatic nitrogens is 2. The van der Waals surface area contributed by atoms with Crippen LogP contribution in [0.2, 0.25) is 0 Å². The van der Waals surface area contributed by atoms with Crippen LogP contribution in [0.25, 0.3) is 0 Å². The number of carbonyl (C=O) groups is 1. The average Bonchev–Trinajstić information content (AvgIpc) is 2.91. The molecule has 0 unspecified atom stereocenters. The summed E-state index contributed by atoms with van der Waals surface area (Å²) in [5, 5.41) is 17.8. The normalized spacial score (nSPS) is 11.1. The van der Waals surface area contributed by atoms with Crippen molar-refractivity contribution in [3.05, 3.63) is 82.2 Å². The Bertz CT molecular complexity index is 971. The van der Waals surface area contributed by atoms with Gasteiger partial charge in [0.05, 0.1) is 29.7 Å². The van der Waals surface area contributed by atoms with Crippen LogP contribution in [-0.2, 0) is 6.54 Å². The molecular formula is C21H22N4O2. The molecule has 0 saturated carbocycles. The first kappa shape index (κ1) is 18.4. The predicted molar refractivity (Wildman–Crippen MR) is 107 cm³/mol. The van der Waals surface area contributed by atoms with Crippen molar-refractivity contribution >= 4 is 17.9 Å². The van der Waals surface area contributed by atoms with Crippen molar-refractivity contribution in [3.63, 3.8) is 0 Å². The molecule has 0 bridgehead atoms. The highest BCUT2D eigenvalue weighted by Crippen LogP contribution is 2.14. The monoisotopic (exact) mass is 362 g/mol. The second-order valence-electron chi connectivity index (χ2n) is 6.48. The number of aryl methyl sites for hydroxylation is 2. The maximum absolute atomic E-state index is 10.9. The van der Waals surface area contributed by atoms with Crippen molar-refractivity contribution in [1.82, 2.24) is 9.78 Å². The Labute approximate surface area is 158 Å². The molecule has 0 aliphatic rings. The number of rotatable bonds is 6. The van der Waals surface area contributed by atoms with E-state index in [0.29, 0.717) is 6.54 Å². The van der Waals surface area contributed by atoms with E-state index in [1.165, 1.54) is 23.3 Å². The van der Waals surface area contributed by atoms with E-state index >= 15 is 0 Å². The zero-order valence-electron chi connectivity index (χ0n) is 15.6. The van der Waals surface area contributed by atoms with Crippen molar-refractivity contribution in [3.8, 4) is 0 Å². The maximum Gasteiger partial charge on any atom is 0.335 e. The number of hydrazone groups is 1. The lowest BCUT2D eigenvalue weighted by Gasteiger charge is -2.05. The van der Waals surface area contributed by atoms with E-state index in [-0.39, 0.29) is 5.56 Å². The first-order valence-corrected chi connectivity index (χ1v) is 8.66. The van der Waals surface area contributed by atoms with Gasteiger partial charge in [0.15, 0.2) is 0 Å². The van der Waals surface area contributed by atoms with E-state index in [1.807, 2.05) is 18.5 Å². The minimum Gasteiger partial charge on any atom is -0.478 e. The Kier molecular flexibility index (Phi) is 5.35. The van der Waals surface area contributed by atoms with E-state index in [9.17, 15) is 4.79 Å². The van der Waals surface area contributed by atoms with Gasteiger partial charge >= 0.3 is 5.97 Å². The molecule has 0 radical (unpaired) electrons. The van der Waals surface area contributed by atoms with Crippen molar-refractivity contribution in [2.24, 2.45) is 5.10 Å². The fourth-order valence-corrected chi connectivity index (χ4v) is 2.78. The molecule has 0 aliphatic heterocycles. The van der Waals surface area contributed by atoms with Crippen molar-refractivity contribution in [2.45, 2.75) is 27.3 Å². The van der Waals surface area contributed by atoms with Gasteiger partial charge in [-0.2, -0.15) is 10.2 Å². The molecule has 6 nitrogen and oxygen atoms in total. The second kappa shape index (κ2) is 7.86. The third-order valence-corrected chi connectivity index (χ3v) is 4.41. The number of anilines is 1. The zero-order chi connectivity index (χ0) is 19.4. The van der Waals surface area contributed by atoms with Crippen molar-refractivity contribution < 1.29 is 9.90 Å². The molecule has 0 atom stereocenters. The summed E-state index contributed by atoms with van der Waals surface area (Å²) >= 11 is 0. The van der Waals surface area contributed by atoms with Gasteiger partial charge < -0.3 is 5.11 Å². The van der Waals surface area contributed by atoms with Gasteiger partial charge in [-0.05, 0) is 50.6 Å². The summed E-state index contributed by atoms with van der Waals surface area (Å²) in [7, 11) is 0.